The molecule has 0 fully saturated rings. The highest BCUT2D eigenvalue weighted by molar-refractivity contribution is 6.05. The zero-order valence-electron chi connectivity index (χ0n) is 18.5. The molecule has 4 aromatic rings. The van der Waals surface area contributed by atoms with Gasteiger partial charge in [0, 0.05) is 18.7 Å². The van der Waals surface area contributed by atoms with Crippen molar-refractivity contribution in [2.75, 3.05) is 10.2 Å². The summed E-state index contributed by atoms with van der Waals surface area (Å²) in [7, 11) is 0. The van der Waals surface area contributed by atoms with Gasteiger partial charge in [-0.05, 0) is 48.7 Å². The van der Waals surface area contributed by atoms with Crippen molar-refractivity contribution in [2.45, 2.75) is 26.9 Å². The molecule has 0 aliphatic carbocycles. The van der Waals surface area contributed by atoms with E-state index in [1.165, 1.54) is 11.1 Å². The lowest BCUT2D eigenvalue weighted by molar-refractivity contribution is 0.102. The van der Waals surface area contributed by atoms with Crippen LogP contribution in [0, 0.1) is 13.8 Å². The molecule has 4 nitrogen and oxygen atoms in total. The predicted octanol–water partition coefficient (Wildman–Crippen LogP) is 6.16. The van der Waals surface area contributed by atoms with E-state index in [1.807, 2.05) is 62.4 Å². The van der Waals surface area contributed by atoms with Crippen LogP contribution in [0.3, 0.4) is 0 Å². The Bertz CT molecular complexity index is 1150. The fourth-order valence-electron chi connectivity index (χ4n) is 3.70. The molecule has 0 radical (unpaired) electrons. The minimum atomic E-state index is -0.119. The molecular formula is C28H27N3O. The lowest BCUT2D eigenvalue weighted by Crippen LogP contribution is -2.23. The number of hydrogen-bond donors (Lipinski definition) is 1. The van der Waals surface area contributed by atoms with E-state index in [2.05, 4.69) is 58.7 Å². The number of aryl methyl sites for hydroxylation is 2. The maximum Gasteiger partial charge on any atom is 0.255 e. The molecular weight excluding hydrogens is 394 g/mol. The topological polar surface area (TPSA) is 45.2 Å². The van der Waals surface area contributed by atoms with Gasteiger partial charge in [0.25, 0.3) is 5.91 Å². The van der Waals surface area contributed by atoms with Crippen molar-refractivity contribution in [3.05, 3.63) is 125 Å². The van der Waals surface area contributed by atoms with E-state index in [1.54, 1.807) is 0 Å². The summed E-state index contributed by atoms with van der Waals surface area (Å²) in [5.74, 6) is 0.760. The normalized spacial score (nSPS) is 10.6. The van der Waals surface area contributed by atoms with E-state index in [-0.39, 0.29) is 5.91 Å². The first-order chi connectivity index (χ1) is 15.6. The number of pyridine rings is 1. The van der Waals surface area contributed by atoms with Gasteiger partial charge in [-0.1, -0.05) is 78.9 Å². The van der Waals surface area contributed by atoms with Gasteiger partial charge in [0.15, 0.2) is 0 Å². The molecule has 0 aliphatic rings. The molecule has 1 amide bonds. The van der Waals surface area contributed by atoms with Crippen LogP contribution in [0.25, 0.3) is 0 Å². The molecule has 0 aliphatic heterocycles. The third-order valence-corrected chi connectivity index (χ3v) is 5.47. The Morgan fingerprint density at radius 2 is 1.31 bits per heavy atom. The van der Waals surface area contributed by atoms with E-state index in [9.17, 15) is 4.79 Å². The first kappa shape index (κ1) is 21.3. The molecule has 0 saturated heterocycles. The highest BCUT2D eigenvalue weighted by Gasteiger charge is 2.14. The molecule has 1 N–H and O–H groups in total. The first-order valence-corrected chi connectivity index (χ1v) is 10.8. The van der Waals surface area contributed by atoms with Crippen LogP contribution >= 0.6 is 0 Å². The number of benzene rings is 3. The molecule has 0 unspecified atom stereocenters. The number of carbonyl (C=O) groups excluding carboxylic acids is 1. The highest BCUT2D eigenvalue weighted by Crippen LogP contribution is 2.23. The quantitative estimate of drug-likeness (QED) is 0.389. The van der Waals surface area contributed by atoms with Gasteiger partial charge in [-0.25, -0.2) is 4.98 Å². The monoisotopic (exact) mass is 421 g/mol. The summed E-state index contributed by atoms with van der Waals surface area (Å²) >= 11 is 0. The summed E-state index contributed by atoms with van der Waals surface area (Å²) in [6, 6.07) is 32.3. The van der Waals surface area contributed by atoms with E-state index in [0.717, 1.165) is 35.9 Å². The second kappa shape index (κ2) is 9.92. The Morgan fingerprint density at radius 3 is 1.88 bits per heavy atom. The van der Waals surface area contributed by atoms with Gasteiger partial charge in [0.1, 0.15) is 5.82 Å². The lowest BCUT2D eigenvalue weighted by atomic mass is 10.1. The molecule has 160 valence electrons. The number of amides is 1. The smallest absolute Gasteiger partial charge is 0.255 e. The Balaban J connectivity index is 1.58. The zero-order valence-corrected chi connectivity index (χ0v) is 18.5. The Kier molecular flexibility index (Phi) is 6.61. The maximum atomic E-state index is 12.7. The van der Waals surface area contributed by atoms with Gasteiger partial charge in [-0.3, -0.25) is 4.79 Å². The summed E-state index contributed by atoms with van der Waals surface area (Å²) in [4.78, 5) is 19.8. The number of nitrogens with zero attached hydrogens (tertiary/aromatic N) is 2. The second-order valence-electron chi connectivity index (χ2n) is 7.90. The average Bonchev–Trinajstić information content (AvgIpc) is 2.81. The van der Waals surface area contributed by atoms with Crippen LogP contribution in [0.15, 0.2) is 97.1 Å². The predicted molar refractivity (Wildman–Crippen MR) is 131 cm³/mol. The maximum absolute atomic E-state index is 12.7. The number of aromatic nitrogens is 1. The number of rotatable bonds is 7. The number of carbonyl (C=O) groups is 1. The van der Waals surface area contributed by atoms with Crippen molar-refractivity contribution < 1.29 is 4.79 Å². The van der Waals surface area contributed by atoms with Crippen LogP contribution in [0.5, 0.6) is 0 Å². The largest absolute Gasteiger partial charge is 0.348 e. The van der Waals surface area contributed by atoms with Crippen molar-refractivity contribution in [3.8, 4) is 0 Å². The van der Waals surface area contributed by atoms with Gasteiger partial charge in [-0.15, -0.1) is 0 Å². The van der Waals surface area contributed by atoms with Crippen molar-refractivity contribution in [1.82, 2.24) is 4.98 Å². The van der Waals surface area contributed by atoms with E-state index >= 15 is 0 Å². The highest BCUT2D eigenvalue weighted by atomic mass is 16.1. The second-order valence-corrected chi connectivity index (χ2v) is 7.90. The Hall–Kier alpha value is -3.92. The third kappa shape index (κ3) is 5.22. The summed E-state index contributed by atoms with van der Waals surface area (Å²) in [5, 5.41) is 3.01. The molecule has 0 bridgehead atoms. The molecule has 0 saturated carbocycles. The van der Waals surface area contributed by atoms with Crippen molar-refractivity contribution in [2.24, 2.45) is 0 Å². The molecule has 0 atom stereocenters. The molecule has 1 aromatic heterocycles. The summed E-state index contributed by atoms with van der Waals surface area (Å²) in [6.45, 7) is 5.36. The van der Waals surface area contributed by atoms with Crippen LogP contribution < -0.4 is 10.2 Å². The number of hydrogen-bond acceptors (Lipinski definition) is 3. The molecule has 4 heteroatoms. The van der Waals surface area contributed by atoms with Gasteiger partial charge in [0.05, 0.1) is 11.4 Å². The molecule has 3 aromatic carbocycles. The molecule has 4 rings (SSSR count). The third-order valence-electron chi connectivity index (χ3n) is 5.47. The van der Waals surface area contributed by atoms with Crippen LogP contribution in [-0.2, 0) is 13.1 Å². The molecule has 1 heterocycles. The van der Waals surface area contributed by atoms with Gasteiger partial charge < -0.3 is 10.2 Å². The van der Waals surface area contributed by atoms with Gasteiger partial charge in [-0.2, -0.15) is 0 Å². The minimum absolute atomic E-state index is 0.119. The summed E-state index contributed by atoms with van der Waals surface area (Å²) < 4.78 is 0. The lowest BCUT2D eigenvalue weighted by Gasteiger charge is -2.25. The van der Waals surface area contributed by atoms with E-state index < -0.39 is 0 Å². The van der Waals surface area contributed by atoms with Crippen LogP contribution in [0.2, 0.25) is 0 Å². The Morgan fingerprint density at radius 1 is 0.750 bits per heavy atom. The first-order valence-electron chi connectivity index (χ1n) is 10.8. The van der Waals surface area contributed by atoms with Gasteiger partial charge in [0.2, 0.25) is 0 Å². The van der Waals surface area contributed by atoms with E-state index in [0.29, 0.717) is 5.56 Å². The summed E-state index contributed by atoms with van der Waals surface area (Å²) in [5.41, 5.74) is 5.58. The van der Waals surface area contributed by atoms with Crippen LogP contribution in [-0.4, -0.2) is 10.9 Å². The fraction of sp³-hybridized carbons (Fsp3) is 0.143. The Labute approximate surface area is 189 Å². The molecule has 0 spiro atoms. The minimum Gasteiger partial charge on any atom is -0.348 e. The summed E-state index contributed by atoms with van der Waals surface area (Å²) in [6.07, 6.45) is 0. The molecule has 32 heavy (non-hydrogen) atoms. The standard InChI is InChI=1S/C28H27N3O/c1-21-11-9-10-16-25(21)28(32)30-26-17-18-27(29-22(26)2)31(19-23-12-5-3-6-13-23)20-24-14-7-4-8-15-24/h3-18H,19-20H2,1-2H3,(H,30,32). The number of nitrogens with one attached hydrogen (secondary N) is 1. The van der Waals surface area contributed by atoms with Crippen LogP contribution in [0.4, 0.5) is 11.5 Å². The SMILES string of the molecule is Cc1ccccc1C(=O)Nc1ccc(N(Cc2ccccc2)Cc2ccccc2)nc1C. The number of anilines is 2. The zero-order chi connectivity index (χ0) is 22.3. The van der Waals surface area contributed by atoms with Gasteiger partial charge >= 0.3 is 0 Å². The van der Waals surface area contributed by atoms with E-state index in [4.69, 9.17) is 4.98 Å². The average molecular weight is 422 g/mol. The van der Waals surface area contributed by atoms with Crippen LogP contribution in [0.1, 0.15) is 32.7 Å². The fourth-order valence-corrected chi connectivity index (χ4v) is 3.70. The van der Waals surface area contributed by atoms with Crippen molar-refractivity contribution >= 4 is 17.4 Å². The van der Waals surface area contributed by atoms with Crippen molar-refractivity contribution in [3.63, 3.8) is 0 Å². The van der Waals surface area contributed by atoms with Crippen molar-refractivity contribution in [1.29, 1.82) is 0 Å².